The van der Waals surface area contributed by atoms with Gasteiger partial charge in [-0.15, -0.1) is 0 Å². The molecule has 0 spiro atoms. The molecule has 0 aromatic heterocycles. The highest BCUT2D eigenvalue weighted by atomic mass is 32.2. The molecule has 65 heavy (non-hydrogen) atoms. The number of benzene rings is 8. The molecule has 0 aliphatic carbocycles. The quantitative estimate of drug-likeness (QED) is 0.0982. The molecule has 0 saturated carbocycles. The first kappa shape index (κ1) is 41.7. The van der Waals surface area contributed by atoms with Crippen molar-refractivity contribution in [2.24, 2.45) is 0 Å². The van der Waals surface area contributed by atoms with E-state index in [1.807, 2.05) is 119 Å². The van der Waals surface area contributed by atoms with Gasteiger partial charge in [-0.3, -0.25) is 0 Å². The molecule has 324 valence electrons. The van der Waals surface area contributed by atoms with Gasteiger partial charge in [0, 0.05) is 23.5 Å². The number of fused-ring (bicyclic) bond motifs is 4. The van der Waals surface area contributed by atoms with Crippen LogP contribution in [0.1, 0.15) is 0 Å². The summed E-state index contributed by atoms with van der Waals surface area (Å²) >= 11 is 0. The van der Waals surface area contributed by atoms with Gasteiger partial charge in [0.15, 0.2) is 8.07 Å². The van der Waals surface area contributed by atoms with Crippen molar-refractivity contribution in [2.75, 3.05) is 38.2 Å². The van der Waals surface area contributed by atoms with Gasteiger partial charge < -0.3 is 28.7 Å². The number of hydrogen-bond acceptors (Lipinski definition) is 10. The zero-order chi connectivity index (χ0) is 45.1. The van der Waals surface area contributed by atoms with Gasteiger partial charge in [0.1, 0.15) is 23.0 Å². The van der Waals surface area contributed by atoms with Crippen molar-refractivity contribution in [3.63, 3.8) is 0 Å². The molecule has 0 saturated heterocycles. The Hall–Kier alpha value is -7.32. The van der Waals surface area contributed by atoms with E-state index >= 15 is 0 Å². The average molecular weight is 915 g/mol. The number of anilines is 6. The Morgan fingerprint density at radius 1 is 0.338 bits per heavy atom. The van der Waals surface area contributed by atoms with Gasteiger partial charge in [0.25, 0.3) is 0 Å². The molecule has 2 aliphatic rings. The molecular formula is C52H42N2O8S2Si. The number of hydrogen-bond donors (Lipinski definition) is 0. The first-order valence-electron chi connectivity index (χ1n) is 20.7. The van der Waals surface area contributed by atoms with E-state index in [1.165, 1.54) is 0 Å². The van der Waals surface area contributed by atoms with Gasteiger partial charge in [0.2, 0.25) is 19.7 Å². The summed E-state index contributed by atoms with van der Waals surface area (Å²) in [5.74, 6) is 2.41. The van der Waals surface area contributed by atoms with Crippen molar-refractivity contribution < 1.29 is 35.8 Å². The first-order valence-corrected chi connectivity index (χ1v) is 25.7. The topological polar surface area (TPSA) is 112 Å². The lowest BCUT2D eigenvalue weighted by Gasteiger charge is -2.37. The monoisotopic (exact) mass is 914 g/mol. The molecule has 0 amide bonds. The minimum Gasteiger partial charge on any atom is -0.497 e. The predicted molar refractivity (Wildman–Crippen MR) is 257 cm³/mol. The molecule has 2 aliphatic heterocycles. The van der Waals surface area contributed by atoms with Crippen LogP contribution in [0.4, 0.5) is 34.1 Å². The van der Waals surface area contributed by atoms with Crippen molar-refractivity contribution in [1.29, 1.82) is 0 Å². The molecule has 0 unspecified atom stereocenters. The van der Waals surface area contributed by atoms with Crippen LogP contribution in [0.5, 0.6) is 23.0 Å². The van der Waals surface area contributed by atoms with Crippen LogP contribution >= 0.6 is 0 Å². The lowest BCUT2D eigenvalue weighted by Crippen LogP contribution is -2.74. The molecule has 0 fully saturated rings. The fraction of sp³-hybridized carbons (Fsp3) is 0.0769. The molecule has 0 atom stereocenters. The Kier molecular flexibility index (Phi) is 10.3. The Bertz CT molecular complexity index is 3000. The number of ether oxygens (including phenoxy) is 4. The maximum atomic E-state index is 13.9. The van der Waals surface area contributed by atoms with Gasteiger partial charge in [-0.1, -0.05) is 72.8 Å². The molecule has 0 bridgehead atoms. The molecular weight excluding hydrogens is 873 g/mol. The Balaban J connectivity index is 1.23. The second-order valence-electron chi connectivity index (χ2n) is 15.6. The van der Waals surface area contributed by atoms with Crippen molar-refractivity contribution in [1.82, 2.24) is 0 Å². The van der Waals surface area contributed by atoms with Crippen LogP contribution in [0.15, 0.2) is 202 Å². The Labute approximate surface area is 379 Å². The minimum atomic E-state index is -3.77. The highest BCUT2D eigenvalue weighted by Crippen LogP contribution is 2.49. The normalized spacial score (nSPS) is 14.3. The predicted octanol–water partition coefficient (Wildman–Crippen LogP) is 8.33. The molecule has 10 nitrogen and oxygen atoms in total. The number of nitrogens with zero attached hydrogens (tertiary/aromatic N) is 2. The van der Waals surface area contributed by atoms with E-state index in [0.717, 1.165) is 32.1 Å². The van der Waals surface area contributed by atoms with Crippen LogP contribution in [-0.2, 0) is 19.7 Å². The van der Waals surface area contributed by atoms with E-state index in [1.54, 1.807) is 77.0 Å². The number of methoxy groups -OCH3 is 4. The second-order valence-corrected chi connectivity index (χ2v) is 23.2. The summed E-state index contributed by atoms with van der Waals surface area (Å²) in [4.78, 5) is 4.91. The lowest BCUT2D eigenvalue weighted by atomic mass is 10.2. The molecule has 8 aromatic carbocycles. The molecule has 8 aromatic rings. The summed E-state index contributed by atoms with van der Waals surface area (Å²) in [6.45, 7) is 0. The summed E-state index contributed by atoms with van der Waals surface area (Å²) in [5.41, 5.74) is 3.77. The highest BCUT2D eigenvalue weighted by molar-refractivity contribution is 7.92. The van der Waals surface area contributed by atoms with Gasteiger partial charge in [-0.25, -0.2) is 16.8 Å². The standard InChI is InChI=1S/C52H42N2O8S2Si/c1-59-37-29-38(60-2)32-43(31-37)65(44-33-39(61-3)30-40(34-44)62-4,41-25-21-35(22-26-41)53-45-13-5-9-17-49(45)63(55,56)50-18-10-6-14-46(50)53)42-27-23-36(24-28-42)54-47-15-7-11-19-51(47)64(57,58)52-20-12-8-16-48(52)54/h5-34H,1-4H3. The van der Waals surface area contributed by atoms with Crippen LogP contribution in [0.25, 0.3) is 0 Å². The minimum absolute atomic E-state index is 0.232. The van der Waals surface area contributed by atoms with Gasteiger partial charge in [-0.05, 0) is 118 Å². The van der Waals surface area contributed by atoms with Gasteiger partial charge in [0.05, 0.1) is 70.8 Å². The third kappa shape index (κ3) is 6.56. The average Bonchev–Trinajstić information content (AvgIpc) is 3.35. The SMILES string of the molecule is COc1cc(OC)cc([Si](c2ccc(N3c4ccccc4S(=O)(=O)c4ccccc43)cc2)(c2ccc(N3c4ccccc4S(=O)(=O)c4ccccc43)cc2)c2cc(OC)cc(OC)c2)c1. The van der Waals surface area contributed by atoms with Crippen LogP contribution in [0, 0.1) is 0 Å². The van der Waals surface area contributed by atoms with Crippen molar-refractivity contribution >= 4 is 82.6 Å². The smallest absolute Gasteiger partial charge is 0.210 e. The fourth-order valence-corrected chi connectivity index (χ4v) is 17.3. The summed E-state index contributed by atoms with van der Waals surface area (Å²) in [7, 11) is -4.55. The molecule has 0 radical (unpaired) electrons. The van der Waals surface area contributed by atoms with Gasteiger partial charge >= 0.3 is 0 Å². The van der Waals surface area contributed by atoms with Crippen LogP contribution in [-0.4, -0.2) is 53.3 Å². The number of rotatable bonds is 10. The zero-order valence-electron chi connectivity index (χ0n) is 35.8. The van der Waals surface area contributed by atoms with Crippen molar-refractivity contribution in [2.45, 2.75) is 19.6 Å². The Morgan fingerprint density at radius 3 is 0.862 bits per heavy atom. The van der Waals surface area contributed by atoms with E-state index in [4.69, 9.17) is 18.9 Å². The molecule has 2 heterocycles. The summed E-state index contributed by atoms with van der Waals surface area (Å²) in [6, 6.07) is 56.8. The number of sulfone groups is 2. The molecule has 10 rings (SSSR count). The van der Waals surface area contributed by atoms with Crippen LogP contribution < -0.4 is 49.5 Å². The lowest BCUT2D eigenvalue weighted by molar-refractivity contribution is 0.395. The van der Waals surface area contributed by atoms with E-state index in [9.17, 15) is 16.8 Å². The third-order valence-corrected chi connectivity index (χ3v) is 20.7. The maximum absolute atomic E-state index is 13.9. The zero-order valence-corrected chi connectivity index (χ0v) is 38.4. The van der Waals surface area contributed by atoms with Crippen LogP contribution in [0.3, 0.4) is 0 Å². The molecule has 13 heteroatoms. The van der Waals surface area contributed by atoms with E-state index in [0.29, 0.717) is 45.7 Å². The maximum Gasteiger partial charge on any atom is 0.210 e. The third-order valence-electron chi connectivity index (χ3n) is 12.3. The second kappa shape index (κ2) is 16.0. The highest BCUT2D eigenvalue weighted by Gasteiger charge is 2.44. The van der Waals surface area contributed by atoms with E-state index in [2.05, 4.69) is 24.3 Å². The summed E-state index contributed by atoms with van der Waals surface area (Å²) in [6.07, 6.45) is 0. The van der Waals surface area contributed by atoms with Crippen molar-refractivity contribution in [3.05, 3.63) is 182 Å². The summed E-state index contributed by atoms with van der Waals surface area (Å²) in [5, 5.41) is 3.82. The van der Waals surface area contributed by atoms with Crippen molar-refractivity contribution in [3.8, 4) is 23.0 Å². The largest absolute Gasteiger partial charge is 0.497 e. The van der Waals surface area contributed by atoms with Gasteiger partial charge in [-0.2, -0.15) is 0 Å². The molecule has 0 N–H and O–H groups in total. The first-order chi connectivity index (χ1) is 31.5. The van der Waals surface area contributed by atoms with E-state index < -0.39 is 27.7 Å². The van der Waals surface area contributed by atoms with E-state index in [-0.39, 0.29) is 19.6 Å². The summed E-state index contributed by atoms with van der Waals surface area (Å²) < 4.78 is 79.4. The Morgan fingerprint density at radius 2 is 0.600 bits per heavy atom. The van der Waals surface area contributed by atoms with Crippen LogP contribution in [0.2, 0.25) is 0 Å². The fourth-order valence-electron chi connectivity index (χ4n) is 9.30. The number of para-hydroxylation sites is 4.